The van der Waals surface area contributed by atoms with Crippen LogP contribution >= 0.6 is 0 Å². The fourth-order valence-corrected chi connectivity index (χ4v) is 15.0. The molecule has 0 radical (unpaired) electrons. The molecule has 10 N–H and O–H groups in total. The number of carboxylic acids is 1. The Morgan fingerprint density at radius 3 is 1.12 bits per heavy atom. The summed E-state index contributed by atoms with van der Waals surface area (Å²) < 4.78 is 108. The Balaban J connectivity index is 0.000000275. The molecule has 690 valence electrons. The van der Waals surface area contributed by atoms with Crippen LogP contribution in [-0.4, -0.2) is 214 Å². The molecule has 0 spiro atoms. The molecule has 3 fully saturated rings. The number of nitrogens with one attached hydrogen (secondary N) is 7. The zero-order valence-corrected chi connectivity index (χ0v) is 74.6. The van der Waals surface area contributed by atoms with E-state index in [1.807, 2.05) is 6.07 Å². The number of ether oxygens (including phenoxy) is 4. The smallest absolute Gasteiger partial charge is 0.347 e. The molecule has 0 bridgehead atoms. The van der Waals surface area contributed by atoms with Gasteiger partial charge in [-0.05, 0) is 151 Å². The van der Waals surface area contributed by atoms with Gasteiger partial charge in [0.1, 0.15) is 29.3 Å². The van der Waals surface area contributed by atoms with Crippen LogP contribution in [0.2, 0.25) is 0 Å². The highest BCUT2D eigenvalue weighted by Crippen LogP contribution is 2.50. The number of likely N-dealkylation sites (tertiary alicyclic amines) is 2. The van der Waals surface area contributed by atoms with E-state index in [1.54, 1.807) is 178 Å². The summed E-state index contributed by atoms with van der Waals surface area (Å²) in [6.07, 6.45) is -5.18. The van der Waals surface area contributed by atoms with Crippen LogP contribution in [0, 0.1) is 57.8 Å². The number of likely N-dealkylation sites (N-methyl/N-ethyl adjacent to an activating group) is 3. The summed E-state index contributed by atoms with van der Waals surface area (Å²) in [5.74, 6) is -19.4. The van der Waals surface area contributed by atoms with Crippen molar-refractivity contribution in [2.24, 2.45) is 16.2 Å². The molecule has 35 heteroatoms. The third-order valence-corrected chi connectivity index (χ3v) is 22.2. The van der Waals surface area contributed by atoms with E-state index in [0.717, 1.165) is 24.3 Å². The van der Waals surface area contributed by atoms with E-state index in [2.05, 4.69) is 37.2 Å². The largest absolute Gasteiger partial charge is 0.508 e. The minimum atomic E-state index is -3.46. The first-order valence-electron chi connectivity index (χ1n) is 41.1. The number of phenols is 1. The van der Waals surface area contributed by atoms with Gasteiger partial charge < -0.3 is 76.0 Å². The summed E-state index contributed by atoms with van der Waals surface area (Å²) >= 11 is 0. The van der Waals surface area contributed by atoms with E-state index in [1.165, 1.54) is 61.5 Å². The van der Waals surface area contributed by atoms with Gasteiger partial charge in [0, 0.05) is 80.7 Å². The molecule has 0 aromatic heterocycles. The maximum absolute atomic E-state index is 15.3. The van der Waals surface area contributed by atoms with Crippen LogP contribution in [0.5, 0.6) is 17.2 Å². The number of hydrogen-bond donors (Lipinski definition) is 10. The Morgan fingerprint density at radius 1 is 0.441 bits per heavy atom. The van der Waals surface area contributed by atoms with Crippen LogP contribution in [-0.2, 0) is 76.7 Å². The fourth-order valence-electron chi connectivity index (χ4n) is 15.0. The minimum absolute atomic E-state index is 0.00970. The van der Waals surface area contributed by atoms with Crippen molar-refractivity contribution in [2.45, 2.75) is 223 Å². The number of halogens is 6. The van der Waals surface area contributed by atoms with Crippen molar-refractivity contribution in [3.8, 4) is 17.2 Å². The van der Waals surface area contributed by atoms with Gasteiger partial charge in [-0.2, -0.15) is 0 Å². The molecular weight excluding hydrogens is 1670 g/mol. The van der Waals surface area contributed by atoms with Crippen molar-refractivity contribution in [3.63, 3.8) is 0 Å². The summed E-state index contributed by atoms with van der Waals surface area (Å²) in [4.78, 5) is 165. The quantitative estimate of drug-likeness (QED) is 0.0124. The van der Waals surface area contributed by atoms with E-state index in [-0.39, 0.29) is 72.2 Å². The molecule has 3 aliphatic rings. The van der Waals surface area contributed by atoms with Crippen LogP contribution < -0.4 is 46.7 Å². The summed E-state index contributed by atoms with van der Waals surface area (Å²) in [7, 11) is 0. The Labute approximate surface area is 733 Å². The number of aliphatic carboxylic acids is 1. The number of rotatable bonds is 28. The molecule has 8 amide bonds. The zero-order valence-electron chi connectivity index (χ0n) is 74.6. The van der Waals surface area contributed by atoms with Gasteiger partial charge in [0.25, 0.3) is 47.3 Å². The second kappa shape index (κ2) is 43.8. The van der Waals surface area contributed by atoms with Gasteiger partial charge in [-0.1, -0.05) is 133 Å². The number of aromatic hydroxyl groups is 1. The second-order valence-electron chi connectivity index (χ2n) is 33.2. The number of amides is 8. The number of carboxylic acid groups (broad SMARTS) is 1. The molecular formula is C92H115F6N9O20. The maximum Gasteiger partial charge on any atom is 0.347 e. The van der Waals surface area contributed by atoms with Crippen molar-refractivity contribution < 1.29 is 123 Å². The van der Waals surface area contributed by atoms with Gasteiger partial charge >= 0.3 is 29.8 Å². The lowest BCUT2D eigenvalue weighted by Crippen LogP contribution is -2.58. The van der Waals surface area contributed by atoms with Gasteiger partial charge in [-0.3, -0.25) is 62.9 Å². The third-order valence-electron chi connectivity index (χ3n) is 22.2. The fraction of sp³-hybridized carbons (Fsp3) is 0.467. The molecule has 3 heterocycles. The minimum Gasteiger partial charge on any atom is -0.508 e. The standard InChI is InChI=1S/C32H39F2N3O7.C28H35F2N3O5.C23H25NO7.C9H16F2N2O/c1-8-35-29(41)27-31(6,7)32(33,34)17-37(27)30(42)26(44-21(5)39)24(16-22-12-10-9-11-13-22)36-28(40)23-14-18(2)15-25(19(23)3)43-20(4)38;1-6-31-25(37)23-27(4,5)28(29,30)15-33(23)26(38)22(35)20(14-18-10-8-7-9-11-18)32-24(36)19-12-16(2)13-21(34)17(19)3;1-13-10-18(14(2)20(11-13)30-15(3)25)22(27)24-19(12-17-8-6-5-7-9-17)21(23(28)29)31-16(4)26;1-4-12-7(14)6-8(2,3)9(10,11)5-13-6/h9-15,24,26-27H,8,16-17H2,1-7H3,(H,35,41)(H,36,40);7-13,20,22-23,34-35H,6,14-15H2,1-5H3,(H,31,37)(H,32,36);5-11,19,21H,12H2,1-4H3,(H,24,27)(H,28,29);6,13H,4-5H2,1-3H3,(H,12,14)/t24-,26-,27?;20-,22-,23?;19-,21-;/m000./s1. The van der Waals surface area contributed by atoms with Crippen LogP contribution in [0.15, 0.2) is 127 Å². The average molecular weight is 1780 g/mol. The topological polar surface area (TPSA) is 410 Å². The maximum atomic E-state index is 15.3. The van der Waals surface area contributed by atoms with E-state index in [9.17, 15) is 95.2 Å². The number of carbonyl (C=O) groups excluding carboxylic acids is 12. The molecule has 0 saturated carbocycles. The first kappa shape index (κ1) is 104. The average Bonchev–Trinajstić information content (AvgIpc) is 1.59. The molecule has 29 nitrogen and oxygen atoms in total. The number of phenolic OH excluding ortho intramolecular Hbond substituents is 1. The summed E-state index contributed by atoms with van der Waals surface area (Å²) in [6, 6.07) is 28.5. The van der Waals surface area contributed by atoms with E-state index in [0.29, 0.717) is 56.0 Å². The predicted octanol–water partition coefficient (Wildman–Crippen LogP) is 9.57. The highest BCUT2D eigenvalue weighted by Gasteiger charge is 2.67. The molecule has 0 aliphatic carbocycles. The number of benzene rings is 6. The lowest BCUT2D eigenvalue weighted by molar-refractivity contribution is -0.164. The van der Waals surface area contributed by atoms with E-state index in [4.69, 9.17) is 18.9 Å². The Hall–Kier alpha value is -12.3. The van der Waals surface area contributed by atoms with Crippen LogP contribution in [0.25, 0.3) is 0 Å². The first-order valence-corrected chi connectivity index (χ1v) is 41.1. The van der Waals surface area contributed by atoms with Gasteiger partial charge in [0.15, 0.2) is 6.10 Å². The highest BCUT2D eigenvalue weighted by molar-refractivity contribution is 6.00. The normalized spacial score (nSPS) is 18.3. The summed E-state index contributed by atoms with van der Waals surface area (Å²) in [5.41, 5.74) is 0.408. The third kappa shape index (κ3) is 26.0. The predicted molar refractivity (Wildman–Crippen MR) is 456 cm³/mol. The van der Waals surface area contributed by atoms with Crippen LogP contribution in [0.3, 0.4) is 0 Å². The van der Waals surface area contributed by atoms with Crippen molar-refractivity contribution in [3.05, 3.63) is 194 Å². The molecule has 9 rings (SSSR count). The van der Waals surface area contributed by atoms with Gasteiger partial charge in [-0.25, -0.2) is 31.1 Å². The van der Waals surface area contributed by atoms with Gasteiger partial charge in [0.05, 0.1) is 60.0 Å². The summed E-state index contributed by atoms with van der Waals surface area (Å²) in [5, 5.41) is 49.2. The van der Waals surface area contributed by atoms with Crippen molar-refractivity contribution in [1.82, 2.24) is 47.0 Å². The zero-order chi connectivity index (χ0) is 95.5. The first-order chi connectivity index (χ1) is 59.1. The number of esters is 4. The SMILES string of the molecule is CC(=O)Oc1cc(C)cc(C(=O)N[C@@H](Cc2ccccc2)[C@H](OC(C)=O)C(=O)O)c1C.CCNC(=O)C1N(C(=O)[C@@H](O)[C@H](Cc2ccccc2)NC(=O)c2cc(C)cc(O)c2C)CC(F)(F)C1(C)C.CCNC(=O)C1N(C(=O)[C@@H](OC(C)=O)[C@H](Cc2ccccc2)NC(=O)c2cc(C)cc(OC(C)=O)c2C)CC(F)(F)C1(C)C.CCNC(=O)C1NCC(F)(F)C1(C)C. The molecule has 3 saturated heterocycles. The lowest BCUT2D eigenvalue weighted by atomic mass is 9.81. The number of aliphatic hydroxyl groups is 1. The van der Waals surface area contributed by atoms with Gasteiger partial charge in [-0.15, -0.1) is 0 Å². The van der Waals surface area contributed by atoms with E-state index < -0.39 is 179 Å². The number of carbonyl (C=O) groups is 13. The van der Waals surface area contributed by atoms with Crippen LogP contribution in [0.4, 0.5) is 26.3 Å². The Kier molecular flexibility index (Phi) is 35.7. The Bertz CT molecular complexity index is 5000. The van der Waals surface area contributed by atoms with Crippen LogP contribution in [0.1, 0.15) is 171 Å². The number of nitrogens with zero attached hydrogens (tertiary/aromatic N) is 2. The lowest BCUT2D eigenvalue weighted by Gasteiger charge is -2.35. The summed E-state index contributed by atoms with van der Waals surface area (Å²) in [6.45, 7) is 25.4. The molecule has 3 unspecified atom stereocenters. The van der Waals surface area contributed by atoms with Crippen molar-refractivity contribution in [1.29, 1.82) is 0 Å². The molecule has 6 aromatic carbocycles. The molecule has 3 aliphatic heterocycles. The number of aliphatic hydroxyl groups excluding tert-OH is 1. The van der Waals surface area contributed by atoms with Gasteiger partial charge in [0.2, 0.25) is 29.9 Å². The number of aryl methyl sites for hydroxylation is 3. The molecule has 9 atom stereocenters. The monoisotopic (exact) mass is 1780 g/mol. The molecule has 127 heavy (non-hydrogen) atoms. The van der Waals surface area contributed by atoms with Crippen molar-refractivity contribution >= 4 is 77.1 Å². The number of alkyl halides is 6. The molecule has 6 aromatic rings. The highest BCUT2D eigenvalue weighted by atomic mass is 19.3. The second-order valence-corrected chi connectivity index (χ2v) is 33.2. The van der Waals surface area contributed by atoms with E-state index >= 15 is 8.78 Å². The Morgan fingerprint density at radius 2 is 0.772 bits per heavy atom. The number of hydrogen-bond acceptors (Lipinski definition) is 20. The van der Waals surface area contributed by atoms with Crippen molar-refractivity contribution in [2.75, 3.05) is 39.3 Å².